The molecule has 5 heterocycles. The van der Waals surface area contributed by atoms with E-state index in [0.717, 1.165) is 35.3 Å². The SMILES string of the molecule is O=C(c1sc(-c2ccccc2)cc1F)N1CC[C@@H](C(=O)N2CCC(O)(Cn3cnc4c(ccn4C4CC4)c3=O)CC2)[C@H](c2ccccc2)C1. The van der Waals surface area contributed by atoms with Crippen LogP contribution in [-0.4, -0.2) is 72.6 Å². The fraction of sp³-hybridized carbons (Fsp3) is 0.368. The quantitative estimate of drug-likeness (QED) is 0.238. The summed E-state index contributed by atoms with van der Waals surface area (Å²) in [6.07, 6.45) is 6.76. The molecule has 2 aromatic carbocycles. The van der Waals surface area contributed by atoms with Crippen LogP contribution in [0.4, 0.5) is 4.39 Å². The Hall–Kier alpha value is -4.61. The van der Waals surface area contributed by atoms with Crippen molar-refractivity contribution in [3.63, 3.8) is 0 Å². The molecule has 49 heavy (non-hydrogen) atoms. The second kappa shape index (κ2) is 12.7. The summed E-state index contributed by atoms with van der Waals surface area (Å²) < 4.78 is 18.7. The smallest absolute Gasteiger partial charge is 0.266 e. The van der Waals surface area contributed by atoms with E-state index in [1.165, 1.54) is 17.0 Å². The van der Waals surface area contributed by atoms with Gasteiger partial charge in [-0.25, -0.2) is 9.37 Å². The highest BCUT2D eigenvalue weighted by molar-refractivity contribution is 7.17. The minimum atomic E-state index is -1.15. The molecule has 1 N–H and O–H groups in total. The minimum absolute atomic E-state index is 0.00154. The molecular formula is C38H38FN5O4S. The van der Waals surface area contributed by atoms with E-state index < -0.39 is 11.4 Å². The highest BCUT2D eigenvalue weighted by Gasteiger charge is 2.42. The monoisotopic (exact) mass is 679 g/mol. The van der Waals surface area contributed by atoms with Crippen LogP contribution in [0, 0.1) is 11.7 Å². The van der Waals surface area contributed by atoms with Crippen LogP contribution in [-0.2, 0) is 11.3 Å². The van der Waals surface area contributed by atoms with Crippen LogP contribution in [0.3, 0.4) is 0 Å². The third-order valence-corrected chi connectivity index (χ3v) is 11.6. The van der Waals surface area contributed by atoms with Crippen LogP contribution in [0.2, 0.25) is 0 Å². The van der Waals surface area contributed by atoms with E-state index in [0.29, 0.717) is 67.4 Å². The molecule has 0 unspecified atom stereocenters. The fourth-order valence-electron chi connectivity index (χ4n) is 7.56. The van der Waals surface area contributed by atoms with E-state index in [1.807, 2.05) is 77.8 Å². The maximum absolute atomic E-state index is 15.2. The van der Waals surface area contributed by atoms with Crippen molar-refractivity contribution in [2.75, 3.05) is 26.2 Å². The van der Waals surface area contributed by atoms with Gasteiger partial charge in [0.2, 0.25) is 5.91 Å². The number of carbonyl (C=O) groups excluding carboxylic acids is 2. The highest BCUT2D eigenvalue weighted by Crippen LogP contribution is 2.39. The van der Waals surface area contributed by atoms with Crippen molar-refractivity contribution in [1.29, 1.82) is 0 Å². The Morgan fingerprint density at radius 1 is 0.939 bits per heavy atom. The zero-order valence-corrected chi connectivity index (χ0v) is 27.9. The Labute approximate surface area is 287 Å². The van der Waals surface area contributed by atoms with E-state index in [-0.39, 0.29) is 40.6 Å². The Bertz CT molecular complexity index is 2060. The number of nitrogens with zero attached hydrogens (tertiary/aromatic N) is 5. The van der Waals surface area contributed by atoms with E-state index in [1.54, 1.807) is 4.90 Å². The second-order valence-corrected chi connectivity index (χ2v) is 14.8. The molecule has 8 rings (SSSR count). The van der Waals surface area contributed by atoms with Gasteiger partial charge in [-0.2, -0.15) is 0 Å². The van der Waals surface area contributed by atoms with Crippen LogP contribution >= 0.6 is 11.3 Å². The summed E-state index contributed by atoms with van der Waals surface area (Å²) in [5.41, 5.74) is 1.20. The Morgan fingerprint density at radius 2 is 1.65 bits per heavy atom. The Balaban J connectivity index is 0.958. The van der Waals surface area contributed by atoms with E-state index in [9.17, 15) is 19.5 Å². The van der Waals surface area contributed by atoms with Crippen LogP contribution in [0.5, 0.6) is 0 Å². The van der Waals surface area contributed by atoms with Gasteiger partial charge in [0, 0.05) is 55.1 Å². The molecule has 1 aliphatic carbocycles. The number of amides is 2. The molecule has 2 aliphatic heterocycles. The van der Waals surface area contributed by atoms with Gasteiger partial charge in [-0.3, -0.25) is 19.0 Å². The Morgan fingerprint density at radius 3 is 2.37 bits per heavy atom. The molecule has 11 heteroatoms. The van der Waals surface area contributed by atoms with Crippen LogP contribution in [0.25, 0.3) is 21.5 Å². The first-order valence-corrected chi connectivity index (χ1v) is 17.9. The summed E-state index contributed by atoms with van der Waals surface area (Å²) in [7, 11) is 0. The van der Waals surface area contributed by atoms with Crippen molar-refractivity contribution >= 4 is 34.2 Å². The standard InChI is InChI=1S/C38H38FN5O4S/c39-31-21-32(26-9-5-2-6-10-26)49-33(31)37(47)42-17-13-28(30(22-42)25-7-3-1-4-8-25)35(45)41-19-15-38(48,16-20-41)23-43-24-40-34-29(36(43)46)14-18-44(34)27-11-12-27/h1-10,14,18,21,24,27-28,30,48H,11-13,15-17,19-20,22-23H2/t28-,30+/m1/s1. The van der Waals surface area contributed by atoms with Crippen molar-refractivity contribution in [3.05, 3.63) is 112 Å². The summed E-state index contributed by atoms with van der Waals surface area (Å²) in [6, 6.07) is 22.8. The predicted octanol–water partition coefficient (Wildman–Crippen LogP) is 5.70. The average Bonchev–Trinajstić information content (AvgIpc) is 3.76. The van der Waals surface area contributed by atoms with Crippen molar-refractivity contribution in [1.82, 2.24) is 23.9 Å². The number of likely N-dealkylation sites (tertiary alicyclic amines) is 2. The van der Waals surface area contributed by atoms with Crippen LogP contribution < -0.4 is 5.56 Å². The van der Waals surface area contributed by atoms with Gasteiger partial charge in [0.25, 0.3) is 11.5 Å². The van der Waals surface area contributed by atoms with Crippen LogP contribution in [0.1, 0.15) is 59.3 Å². The molecule has 2 saturated heterocycles. The molecule has 3 aliphatic rings. The molecule has 2 amide bonds. The molecule has 1 saturated carbocycles. The number of fused-ring (bicyclic) bond motifs is 1. The van der Waals surface area contributed by atoms with Gasteiger partial charge in [0.15, 0.2) is 0 Å². The number of aliphatic hydroxyl groups is 1. The zero-order valence-electron chi connectivity index (χ0n) is 27.1. The molecule has 252 valence electrons. The topological polar surface area (TPSA) is 101 Å². The Kier molecular flexibility index (Phi) is 8.19. The number of halogens is 1. The lowest BCUT2D eigenvalue weighted by Gasteiger charge is -2.43. The van der Waals surface area contributed by atoms with Crippen molar-refractivity contribution in [2.45, 2.75) is 56.2 Å². The van der Waals surface area contributed by atoms with Gasteiger partial charge in [0.1, 0.15) is 22.7 Å². The molecule has 0 radical (unpaired) electrons. The first-order valence-electron chi connectivity index (χ1n) is 17.0. The average molecular weight is 680 g/mol. The number of hydrogen-bond donors (Lipinski definition) is 1. The number of benzene rings is 2. The molecular weight excluding hydrogens is 642 g/mol. The van der Waals surface area contributed by atoms with Gasteiger partial charge in [-0.05, 0) is 55.4 Å². The summed E-state index contributed by atoms with van der Waals surface area (Å²) in [6.45, 7) is 1.48. The van der Waals surface area contributed by atoms with E-state index in [2.05, 4.69) is 9.55 Å². The van der Waals surface area contributed by atoms with Gasteiger partial charge in [0.05, 0.1) is 17.5 Å². The first kappa shape index (κ1) is 31.6. The molecule has 0 bridgehead atoms. The molecule has 0 spiro atoms. The maximum Gasteiger partial charge on any atom is 0.266 e. The molecule has 3 fully saturated rings. The number of rotatable bonds is 7. The summed E-state index contributed by atoms with van der Waals surface area (Å²) in [5, 5.41) is 12.1. The lowest BCUT2D eigenvalue weighted by atomic mass is 9.79. The molecule has 9 nitrogen and oxygen atoms in total. The third kappa shape index (κ3) is 6.10. The fourth-order valence-corrected chi connectivity index (χ4v) is 8.57. The van der Waals surface area contributed by atoms with Crippen molar-refractivity contribution in [3.8, 4) is 10.4 Å². The summed E-state index contributed by atoms with van der Waals surface area (Å²) in [5.74, 6) is -1.51. The van der Waals surface area contributed by atoms with Crippen LogP contribution in [0.15, 0.2) is 90.1 Å². The number of aromatic nitrogens is 3. The maximum atomic E-state index is 15.2. The largest absolute Gasteiger partial charge is 0.388 e. The van der Waals surface area contributed by atoms with Gasteiger partial charge in [-0.15, -0.1) is 11.3 Å². The lowest BCUT2D eigenvalue weighted by molar-refractivity contribution is -0.142. The lowest BCUT2D eigenvalue weighted by Crippen LogP contribution is -2.53. The van der Waals surface area contributed by atoms with E-state index >= 15 is 4.39 Å². The molecule has 5 aromatic rings. The normalized spacial score (nSPS) is 20.9. The second-order valence-electron chi connectivity index (χ2n) is 13.7. The predicted molar refractivity (Wildman–Crippen MR) is 186 cm³/mol. The van der Waals surface area contributed by atoms with Gasteiger partial charge in [-0.1, -0.05) is 60.7 Å². The van der Waals surface area contributed by atoms with Crippen molar-refractivity contribution < 1.29 is 19.1 Å². The molecule has 3 aromatic heterocycles. The summed E-state index contributed by atoms with van der Waals surface area (Å²) in [4.78, 5) is 50.0. The number of piperidine rings is 2. The zero-order chi connectivity index (χ0) is 33.7. The van der Waals surface area contributed by atoms with E-state index in [4.69, 9.17) is 0 Å². The summed E-state index contributed by atoms with van der Waals surface area (Å²) >= 11 is 1.16. The number of thiophene rings is 1. The number of hydrogen-bond acceptors (Lipinski definition) is 6. The highest BCUT2D eigenvalue weighted by atomic mass is 32.1. The van der Waals surface area contributed by atoms with Gasteiger partial charge >= 0.3 is 0 Å². The van der Waals surface area contributed by atoms with Gasteiger partial charge < -0.3 is 19.5 Å². The molecule has 2 atom stereocenters. The third-order valence-electron chi connectivity index (χ3n) is 10.5. The first-order chi connectivity index (χ1) is 23.8. The number of carbonyl (C=O) groups is 2. The van der Waals surface area contributed by atoms with Crippen molar-refractivity contribution in [2.24, 2.45) is 5.92 Å². The minimum Gasteiger partial charge on any atom is -0.388 e.